The highest BCUT2D eigenvalue weighted by Gasteiger charge is 1.99. The molecule has 5 heteroatoms. The highest BCUT2D eigenvalue weighted by Crippen LogP contribution is 1.91. The maximum atomic E-state index is 10.5. The van der Waals surface area contributed by atoms with E-state index in [9.17, 15) is 8.42 Å². The van der Waals surface area contributed by atoms with Crippen LogP contribution in [-0.2, 0) is 10.0 Å². The van der Waals surface area contributed by atoms with Gasteiger partial charge in [0, 0.05) is 12.6 Å². The summed E-state index contributed by atoms with van der Waals surface area (Å²) >= 11 is 0. The third-order valence-electron chi connectivity index (χ3n) is 1.20. The van der Waals surface area contributed by atoms with Gasteiger partial charge in [0.2, 0.25) is 10.0 Å². The molecule has 3 N–H and O–H groups in total. The lowest BCUT2D eigenvalue weighted by Gasteiger charge is -2.04. The van der Waals surface area contributed by atoms with Gasteiger partial charge >= 0.3 is 0 Å². The Hall–Kier alpha value is -0.130. The summed E-state index contributed by atoms with van der Waals surface area (Å²) in [4.78, 5) is 0. The van der Waals surface area contributed by atoms with Gasteiger partial charge in [-0.05, 0) is 19.8 Å². The maximum absolute atomic E-state index is 10.5. The number of sulfonamides is 1. The van der Waals surface area contributed by atoms with Crippen molar-refractivity contribution < 1.29 is 8.42 Å². The summed E-state index contributed by atoms with van der Waals surface area (Å²) in [7, 11) is -3.01. The van der Waals surface area contributed by atoms with Crippen LogP contribution in [0.1, 0.15) is 19.8 Å². The molecule has 0 heterocycles. The van der Waals surface area contributed by atoms with Crippen molar-refractivity contribution in [1.82, 2.24) is 4.72 Å². The van der Waals surface area contributed by atoms with Crippen LogP contribution in [0, 0.1) is 0 Å². The van der Waals surface area contributed by atoms with Gasteiger partial charge in [0.15, 0.2) is 0 Å². The zero-order valence-electron chi connectivity index (χ0n) is 7.00. The summed E-state index contributed by atoms with van der Waals surface area (Å²) in [6.07, 6.45) is 2.80. The van der Waals surface area contributed by atoms with E-state index in [0.29, 0.717) is 6.54 Å². The van der Waals surface area contributed by atoms with E-state index >= 15 is 0 Å². The Morgan fingerprint density at radius 3 is 2.45 bits per heavy atom. The fraction of sp³-hybridized carbons (Fsp3) is 1.00. The topological polar surface area (TPSA) is 72.2 Å². The summed E-state index contributed by atoms with van der Waals surface area (Å²) in [5.74, 6) is 0. The van der Waals surface area contributed by atoms with Gasteiger partial charge in [0.1, 0.15) is 0 Å². The second-order valence-corrected chi connectivity index (χ2v) is 4.62. The Bertz CT molecular complexity index is 187. The molecule has 0 aliphatic rings. The van der Waals surface area contributed by atoms with Crippen LogP contribution in [0.25, 0.3) is 0 Å². The van der Waals surface area contributed by atoms with Crippen LogP contribution in [-0.4, -0.2) is 27.3 Å². The van der Waals surface area contributed by atoms with Gasteiger partial charge in [-0.2, -0.15) is 0 Å². The molecule has 1 unspecified atom stereocenters. The van der Waals surface area contributed by atoms with Crippen molar-refractivity contribution in [2.24, 2.45) is 5.73 Å². The number of rotatable bonds is 5. The molecule has 1 atom stereocenters. The SMILES string of the molecule is CC(N)CCCNS(C)(=O)=O. The fourth-order valence-corrected chi connectivity index (χ4v) is 1.20. The zero-order valence-corrected chi connectivity index (χ0v) is 7.82. The van der Waals surface area contributed by atoms with Gasteiger partial charge in [-0.1, -0.05) is 0 Å². The smallest absolute Gasteiger partial charge is 0.208 e. The minimum Gasteiger partial charge on any atom is -0.328 e. The first-order chi connectivity index (χ1) is 4.92. The molecule has 0 rings (SSSR count). The number of hydrogen-bond donors (Lipinski definition) is 2. The first kappa shape index (κ1) is 10.9. The summed E-state index contributed by atoms with van der Waals surface area (Å²) in [5, 5.41) is 0. The van der Waals surface area contributed by atoms with E-state index in [4.69, 9.17) is 5.73 Å². The Labute approximate surface area is 68.2 Å². The van der Waals surface area contributed by atoms with E-state index in [2.05, 4.69) is 4.72 Å². The number of hydrogen-bond acceptors (Lipinski definition) is 3. The molecule has 0 aliphatic heterocycles. The molecule has 0 saturated heterocycles. The monoisotopic (exact) mass is 180 g/mol. The van der Waals surface area contributed by atoms with Gasteiger partial charge in [-0.25, -0.2) is 13.1 Å². The summed E-state index contributed by atoms with van der Waals surface area (Å²) < 4.78 is 23.5. The van der Waals surface area contributed by atoms with E-state index in [0.717, 1.165) is 19.1 Å². The number of nitrogens with one attached hydrogen (secondary N) is 1. The second kappa shape index (κ2) is 4.69. The summed E-state index contributed by atoms with van der Waals surface area (Å²) in [6, 6.07) is 0.149. The summed E-state index contributed by atoms with van der Waals surface area (Å²) in [5.41, 5.74) is 5.47. The molecule has 0 radical (unpaired) electrons. The minimum atomic E-state index is -3.01. The first-order valence-electron chi connectivity index (χ1n) is 3.62. The van der Waals surface area contributed by atoms with Crippen molar-refractivity contribution >= 4 is 10.0 Å². The highest BCUT2D eigenvalue weighted by molar-refractivity contribution is 7.88. The van der Waals surface area contributed by atoms with Gasteiger partial charge in [-0.15, -0.1) is 0 Å². The molecule has 11 heavy (non-hydrogen) atoms. The first-order valence-corrected chi connectivity index (χ1v) is 5.51. The molecule has 0 spiro atoms. The molecule has 0 fully saturated rings. The molecule has 0 aliphatic carbocycles. The predicted molar refractivity (Wildman–Crippen MR) is 45.7 cm³/mol. The quantitative estimate of drug-likeness (QED) is 0.569. The van der Waals surface area contributed by atoms with Crippen LogP contribution < -0.4 is 10.5 Å². The fourth-order valence-electron chi connectivity index (χ4n) is 0.682. The molecule has 0 amide bonds. The van der Waals surface area contributed by atoms with Gasteiger partial charge in [0.05, 0.1) is 6.26 Å². The minimum absolute atomic E-state index is 0.149. The molecular weight excluding hydrogens is 164 g/mol. The Balaban J connectivity index is 3.30. The summed E-state index contributed by atoms with van der Waals surface area (Å²) in [6.45, 7) is 2.39. The lowest BCUT2D eigenvalue weighted by Crippen LogP contribution is -2.24. The van der Waals surface area contributed by atoms with E-state index in [1.807, 2.05) is 6.92 Å². The molecule has 0 aromatic rings. The van der Waals surface area contributed by atoms with Crippen LogP contribution in [0.4, 0.5) is 0 Å². The van der Waals surface area contributed by atoms with Crippen molar-refractivity contribution in [2.45, 2.75) is 25.8 Å². The molecule has 0 saturated carbocycles. The van der Waals surface area contributed by atoms with Gasteiger partial charge in [0.25, 0.3) is 0 Å². The molecular formula is C6H16N2O2S. The van der Waals surface area contributed by atoms with Crippen molar-refractivity contribution in [3.8, 4) is 0 Å². The molecule has 0 bridgehead atoms. The van der Waals surface area contributed by atoms with Crippen molar-refractivity contribution in [3.05, 3.63) is 0 Å². The molecule has 0 aromatic heterocycles. The normalized spacial score (nSPS) is 14.8. The predicted octanol–water partition coefficient (Wildman–Crippen LogP) is -0.337. The van der Waals surface area contributed by atoms with Gasteiger partial charge in [-0.3, -0.25) is 0 Å². The van der Waals surface area contributed by atoms with Crippen LogP contribution in [0.15, 0.2) is 0 Å². The largest absolute Gasteiger partial charge is 0.328 e. The lowest BCUT2D eigenvalue weighted by molar-refractivity contribution is 0.573. The van der Waals surface area contributed by atoms with Crippen LogP contribution in [0.2, 0.25) is 0 Å². The second-order valence-electron chi connectivity index (χ2n) is 2.79. The van der Waals surface area contributed by atoms with Crippen molar-refractivity contribution in [1.29, 1.82) is 0 Å². The average Bonchev–Trinajstić information content (AvgIpc) is 1.78. The molecule has 68 valence electrons. The van der Waals surface area contributed by atoms with Crippen LogP contribution >= 0.6 is 0 Å². The standard InChI is InChI=1S/C6H16N2O2S/c1-6(7)4-3-5-8-11(2,9)10/h6,8H,3-5,7H2,1-2H3. The molecule has 4 nitrogen and oxygen atoms in total. The third-order valence-corrected chi connectivity index (χ3v) is 1.93. The zero-order chi connectivity index (χ0) is 8.91. The Morgan fingerprint density at radius 2 is 2.09 bits per heavy atom. The van der Waals surface area contributed by atoms with E-state index < -0.39 is 10.0 Å². The van der Waals surface area contributed by atoms with Crippen molar-refractivity contribution in [3.63, 3.8) is 0 Å². The third kappa shape index (κ3) is 9.87. The van der Waals surface area contributed by atoms with Crippen molar-refractivity contribution in [2.75, 3.05) is 12.8 Å². The van der Waals surface area contributed by atoms with Crippen LogP contribution in [0.3, 0.4) is 0 Å². The molecule has 0 aromatic carbocycles. The lowest BCUT2D eigenvalue weighted by atomic mass is 10.2. The van der Waals surface area contributed by atoms with E-state index in [-0.39, 0.29) is 6.04 Å². The van der Waals surface area contributed by atoms with E-state index in [1.54, 1.807) is 0 Å². The number of nitrogens with two attached hydrogens (primary N) is 1. The van der Waals surface area contributed by atoms with Crippen LogP contribution in [0.5, 0.6) is 0 Å². The Kier molecular flexibility index (Phi) is 4.63. The van der Waals surface area contributed by atoms with E-state index in [1.165, 1.54) is 0 Å². The highest BCUT2D eigenvalue weighted by atomic mass is 32.2. The van der Waals surface area contributed by atoms with Gasteiger partial charge < -0.3 is 5.73 Å². The average molecular weight is 180 g/mol. The maximum Gasteiger partial charge on any atom is 0.208 e. The Morgan fingerprint density at radius 1 is 1.55 bits per heavy atom.